The van der Waals surface area contributed by atoms with Crippen LogP contribution in [0.2, 0.25) is 0 Å². The number of amides is 1. The summed E-state index contributed by atoms with van der Waals surface area (Å²) in [6.45, 7) is 3.57. The maximum Gasteiger partial charge on any atom is 0.259 e. The first-order valence-corrected chi connectivity index (χ1v) is 9.57. The lowest BCUT2D eigenvalue weighted by molar-refractivity contribution is 0.0722. The lowest BCUT2D eigenvalue weighted by Gasteiger charge is -2.27. The second kappa shape index (κ2) is 7.10. The molecule has 1 aromatic carbocycles. The zero-order valence-corrected chi connectivity index (χ0v) is 15.8. The predicted molar refractivity (Wildman–Crippen MR) is 105 cm³/mol. The van der Waals surface area contributed by atoms with Crippen LogP contribution < -0.4 is 15.1 Å². The van der Waals surface area contributed by atoms with Gasteiger partial charge in [0.15, 0.2) is 5.43 Å². The SMILES string of the molecule is COc1ccc(N2c3[nH]cc(C(=O)N4CCCCC4)c(=O)c3CC2C)cc1. The van der Waals surface area contributed by atoms with Gasteiger partial charge in [-0.1, -0.05) is 0 Å². The molecule has 142 valence electrons. The number of H-pyrrole nitrogens is 1. The summed E-state index contributed by atoms with van der Waals surface area (Å²) in [5.74, 6) is 1.43. The number of methoxy groups -OCH3 is 1. The molecule has 0 bridgehead atoms. The Labute approximate surface area is 158 Å². The van der Waals surface area contributed by atoms with Crippen molar-refractivity contribution in [2.24, 2.45) is 0 Å². The fourth-order valence-electron chi connectivity index (χ4n) is 4.13. The van der Waals surface area contributed by atoms with Crippen LogP contribution in [0.3, 0.4) is 0 Å². The van der Waals surface area contributed by atoms with Crippen LogP contribution in [0.15, 0.2) is 35.3 Å². The molecule has 6 heteroatoms. The van der Waals surface area contributed by atoms with Crippen LogP contribution in [0, 0.1) is 0 Å². The smallest absolute Gasteiger partial charge is 0.259 e. The summed E-state index contributed by atoms with van der Waals surface area (Å²) in [5.41, 5.74) is 1.82. The number of fused-ring (bicyclic) bond motifs is 1. The van der Waals surface area contributed by atoms with Crippen LogP contribution in [0.1, 0.15) is 42.1 Å². The Bertz CT molecular complexity index is 898. The Balaban J connectivity index is 1.68. The van der Waals surface area contributed by atoms with Crippen molar-refractivity contribution >= 4 is 17.4 Å². The van der Waals surface area contributed by atoms with Gasteiger partial charge in [-0.05, 0) is 50.5 Å². The van der Waals surface area contributed by atoms with E-state index in [0.29, 0.717) is 12.0 Å². The molecule has 0 aliphatic carbocycles. The highest BCUT2D eigenvalue weighted by Crippen LogP contribution is 2.36. The number of benzene rings is 1. The van der Waals surface area contributed by atoms with Crippen LogP contribution in [-0.2, 0) is 6.42 Å². The van der Waals surface area contributed by atoms with Gasteiger partial charge in [0.2, 0.25) is 0 Å². The number of carbonyl (C=O) groups excluding carboxylic acids is 1. The van der Waals surface area contributed by atoms with Crippen molar-refractivity contribution in [1.82, 2.24) is 9.88 Å². The van der Waals surface area contributed by atoms with Crippen LogP contribution in [0.5, 0.6) is 5.75 Å². The van der Waals surface area contributed by atoms with Gasteiger partial charge in [-0.2, -0.15) is 0 Å². The van der Waals surface area contributed by atoms with Crippen LogP contribution in [0.4, 0.5) is 11.5 Å². The Morgan fingerprint density at radius 1 is 1.15 bits per heavy atom. The minimum atomic E-state index is -0.144. The highest BCUT2D eigenvalue weighted by atomic mass is 16.5. The van der Waals surface area contributed by atoms with Crippen molar-refractivity contribution in [2.75, 3.05) is 25.1 Å². The largest absolute Gasteiger partial charge is 0.497 e. The van der Waals surface area contributed by atoms with E-state index in [9.17, 15) is 9.59 Å². The average Bonchev–Trinajstić information content (AvgIpc) is 3.05. The maximum atomic E-state index is 13.1. The summed E-state index contributed by atoms with van der Waals surface area (Å²) in [5, 5.41) is 0. The topological polar surface area (TPSA) is 65.6 Å². The number of nitrogens with zero attached hydrogens (tertiary/aromatic N) is 2. The molecule has 0 saturated carbocycles. The van der Waals surface area contributed by atoms with Gasteiger partial charge in [0.25, 0.3) is 5.91 Å². The van der Waals surface area contributed by atoms with Crippen LogP contribution in [-0.4, -0.2) is 42.0 Å². The van der Waals surface area contributed by atoms with Crippen molar-refractivity contribution < 1.29 is 9.53 Å². The van der Waals surface area contributed by atoms with E-state index in [0.717, 1.165) is 49.6 Å². The minimum Gasteiger partial charge on any atom is -0.497 e. The van der Waals surface area contributed by atoms with Gasteiger partial charge in [-0.15, -0.1) is 0 Å². The first-order chi connectivity index (χ1) is 13.1. The number of piperidine rings is 1. The van der Waals surface area contributed by atoms with E-state index in [1.807, 2.05) is 24.3 Å². The molecule has 0 radical (unpaired) electrons. The van der Waals surface area contributed by atoms with E-state index in [4.69, 9.17) is 4.74 Å². The molecule has 1 amide bonds. The number of carbonyl (C=O) groups is 1. The van der Waals surface area contributed by atoms with Gasteiger partial charge in [0.1, 0.15) is 17.1 Å². The quantitative estimate of drug-likeness (QED) is 0.905. The van der Waals surface area contributed by atoms with Crippen LogP contribution >= 0.6 is 0 Å². The average molecular weight is 367 g/mol. The fraction of sp³-hybridized carbons (Fsp3) is 0.429. The van der Waals surface area contributed by atoms with Gasteiger partial charge in [-0.25, -0.2) is 0 Å². The van der Waals surface area contributed by atoms with E-state index in [1.165, 1.54) is 0 Å². The number of likely N-dealkylation sites (tertiary alicyclic amines) is 1. The number of nitrogens with one attached hydrogen (secondary N) is 1. The molecule has 27 heavy (non-hydrogen) atoms. The fourth-order valence-corrected chi connectivity index (χ4v) is 4.13. The molecule has 0 spiro atoms. The van der Waals surface area contributed by atoms with Gasteiger partial charge in [0, 0.05) is 43.0 Å². The third-order valence-electron chi connectivity index (χ3n) is 5.56. The molecule has 3 heterocycles. The second-order valence-electron chi connectivity index (χ2n) is 7.33. The molecular weight excluding hydrogens is 342 g/mol. The first-order valence-electron chi connectivity index (χ1n) is 9.57. The first kappa shape index (κ1) is 17.6. The molecule has 6 nitrogen and oxygen atoms in total. The Hall–Kier alpha value is -2.76. The summed E-state index contributed by atoms with van der Waals surface area (Å²) >= 11 is 0. The molecule has 1 atom stereocenters. The summed E-state index contributed by atoms with van der Waals surface area (Å²) in [6, 6.07) is 7.92. The maximum absolute atomic E-state index is 13.1. The molecule has 1 aromatic heterocycles. The van der Waals surface area contributed by atoms with Crippen molar-refractivity contribution in [3.63, 3.8) is 0 Å². The molecule has 1 unspecified atom stereocenters. The van der Waals surface area contributed by atoms with Gasteiger partial charge in [-0.3, -0.25) is 9.59 Å². The van der Waals surface area contributed by atoms with Crippen molar-refractivity contribution in [1.29, 1.82) is 0 Å². The lowest BCUT2D eigenvalue weighted by Crippen LogP contribution is -2.38. The highest BCUT2D eigenvalue weighted by molar-refractivity contribution is 5.94. The Morgan fingerprint density at radius 2 is 1.85 bits per heavy atom. The number of pyridine rings is 1. The Morgan fingerprint density at radius 3 is 2.52 bits per heavy atom. The monoisotopic (exact) mass is 367 g/mol. The molecule has 1 fully saturated rings. The summed E-state index contributed by atoms with van der Waals surface area (Å²) < 4.78 is 5.23. The van der Waals surface area contributed by atoms with Crippen molar-refractivity contribution in [3.8, 4) is 5.75 Å². The normalized spacial score (nSPS) is 19.1. The minimum absolute atomic E-state index is 0.137. The molecule has 4 rings (SSSR count). The van der Waals surface area contributed by atoms with E-state index >= 15 is 0 Å². The zero-order valence-electron chi connectivity index (χ0n) is 15.8. The Kier molecular flexibility index (Phi) is 4.64. The third-order valence-corrected chi connectivity index (χ3v) is 5.56. The number of rotatable bonds is 3. The second-order valence-corrected chi connectivity index (χ2v) is 7.33. The zero-order chi connectivity index (χ0) is 19.0. The molecule has 1 N–H and O–H groups in total. The third kappa shape index (κ3) is 3.09. The number of aromatic nitrogens is 1. The number of aromatic amines is 1. The van der Waals surface area contributed by atoms with Crippen molar-refractivity contribution in [3.05, 3.63) is 51.8 Å². The summed E-state index contributed by atoms with van der Waals surface area (Å²) in [4.78, 5) is 33.0. The lowest BCUT2D eigenvalue weighted by atomic mass is 10.1. The highest BCUT2D eigenvalue weighted by Gasteiger charge is 2.32. The summed E-state index contributed by atoms with van der Waals surface area (Å²) in [6.07, 6.45) is 5.39. The van der Waals surface area contributed by atoms with E-state index in [1.54, 1.807) is 18.2 Å². The predicted octanol–water partition coefficient (Wildman–Crippen LogP) is 3.09. The van der Waals surface area contributed by atoms with Crippen molar-refractivity contribution in [2.45, 2.75) is 38.6 Å². The molecule has 2 aromatic rings. The number of hydrogen-bond donors (Lipinski definition) is 1. The van der Waals surface area contributed by atoms with Gasteiger partial charge in [0.05, 0.1) is 7.11 Å². The van der Waals surface area contributed by atoms with E-state index < -0.39 is 0 Å². The molecule has 2 aliphatic heterocycles. The number of ether oxygens (including phenoxy) is 1. The van der Waals surface area contributed by atoms with Crippen LogP contribution in [0.25, 0.3) is 0 Å². The van der Waals surface area contributed by atoms with E-state index in [-0.39, 0.29) is 22.9 Å². The molecule has 1 saturated heterocycles. The summed E-state index contributed by atoms with van der Waals surface area (Å²) in [7, 11) is 1.64. The molecule has 2 aliphatic rings. The number of hydrogen-bond acceptors (Lipinski definition) is 4. The van der Waals surface area contributed by atoms with Gasteiger partial charge >= 0.3 is 0 Å². The van der Waals surface area contributed by atoms with Gasteiger partial charge < -0.3 is 19.5 Å². The molecular formula is C21H25N3O3. The standard InChI is InChI=1S/C21H25N3O3/c1-14-12-17-19(25)18(21(26)23-10-4-3-5-11-23)13-22-20(17)24(14)15-6-8-16(27-2)9-7-15/h6-9,13-14H,3-5,10-12H2,1-2H3,(H,22,25). The van der Waals surface area contributed by atoms with E-state index in [2.05, 4.69) is 16.8 Å². The number of anilines is 2.